The van der Waals surface area contributed by atoms with E-state index in [1.807, 2.05) is 18.2 Å². The van der Waals surface area contributed by atoms with Crippen molar-refractivity contribution in [2.24, 2.45) is 0 Å². The van der Waals surface area contributed by atoms with Crippen LogP contribution in [0.15, 0.2) is 60.9 Å². The minimum absolute atomic E-state index is 0.146. The van der Waals surface area contributed by atoms with Crippen LogP contribution in [0.1, 0.15) is 28.4 Å². The summed E-state index contributed by atoms with van der Waals surface area (Å²) in [4.78, 5) is 24.2. The first-order valence-corrected chi connectivity index (χ1v) is 10.5. The molecule has 2 aromatic carbocycles. The summed E-state index contributed by atoms with van der Waals surface area (Å²) in [5.74, 6) is 1.09. The molecule has 30 heavy (non-hydrogen) atoms. The van der Waals surface area contributed by atoms with Gasteiger partial charge in [-0.15, -0.1) is 0 Å². The molecule has 0 radical (unpaired) electrons. The van der Waals surface area contributed by atoms with E-state index in [4.69, 9.17) is 14.5 Å². The number of carbonyl (C=O) groups is 1. The van der Waals surface area contributed by atoms with E-state index in [1.54, 1.807) is 35.5 Å². The monoisotopic (exact) mass is 417 g/mol. The van der Waals surface area contributed by atoms with Gasteiger partial charge in [-0.25, -0.2) is 4.98 Å². The lowest BCUT2D eigenvalue weighted by molar-refractivity contribution is 0.0984. The zero-order chi connectivity index (χ0) is 20.5. The smallest absolute Gasteiger partial charge is 0.260 e. The summed E-state index contributed by atoms with van der Waals surface area (Å²) in [5, 5.41) is 0.657. The van der Waals surface area contributed by atoms with Gasteiger partial charge in [-0.2, -0.15) is 0 Å². The molecule has 0 saturated carbocycles. The molecule has 0 bridgehead atoms. The van der Waals surface area contributed by atoms with Crippen LogP contribution >= 0.6 is 11.3 Å². The Morgan fingerprint density at radius 1 is 1.10 bits per heavy atom. The summed E-state index contributed by atoms with van der Waals surface area (Å²) in [7, 11) is 0. The number of aryl methyl sites for hydroxylation is 1. The molecule has 7 heteroatoms. The van der Waals surface area contributed by atoms with Gasteiger partial charge in [0, 0.05) is 18.0 Å². The molecule has 2 aromatic heterocycles. The van der Waals surface area contributed by atoms with Crippen molar-refractivity contribution in [1.29, 1.82) is 0 Å². The Labute approximate surface area is 177 Å². The van der Waals surface area contributed by atoms with E-state index in [1.165, 1.54) is 16.9 Å². The number of hydrogen-bond donors (Lipinski definition) is 0. The topological polar surface area (TPSA) is 64.6 Å². The molecule has 1 aliphatic rings. The van der Waals surface area contributed by atoms with Gasteiger partial charge < -0.3 is 9.47 Å². The minimum Gasteiger partial charge on any atom is -0.454 e. The van der Waals surface area contributed by atoms with Crippen LogP contribution in [0.25, 0.3) is 10.2 Å². The number of amides is 1. The Morgan fingerprint density at radius 2 is 2.00 bits per heavy atom. The van der Waals surface area contributed by atoms with Crippen molar-refractivity contribution >= 4 is 32.6 Å². The third kappa shape index (κ3) is 3.48. The molecule has 1 amide bonds. The number of carbonyl (C=O) groups excluding carboxylic acids is 1. The highest BCUT2D eigenvalue weighted by Gasteiger charge is 2.24. The minimum atomic E-state index is -0.146. The first-order chi connectivity index (χ1) is 14.7. The highest BCUT2D eigenvalue weighted by atomic mass is 32.1. The zero-order valence-corrected chi connectivity index (χ0v) is 17.2. The summed E-state index contributed by atoms with van der Waals surface area (Å²) in [6.07, 6.45) is 4.44. The number of aromatic nitrogens is 2. The molecule has 0 saturated heterocycles. The first-order valence-electron chi connectivity index (χ1n) is 9.71. The highest BCUT2D eigenvalue weighted by Crippen LogP contribution is 2.35. The first kappa shape index (κ1) is 18.6. The van der Waals surface area contributed by atoms with E-state index in [0.717, 1.165) is 22.2 Å². The average molecular weight is 417 g/mol. The van der Waals surface area contributed by atoms with Gasteiger partial charge in [0.1, 0.15) is 0 Å². The molecule has 5 rings (SSSR count). The van der Waals surface area contributed by atoms with Crippen molar-refractivity contribution in [3.63, 3.8) is 0 Å². The number of hydrogen-bond acceptors (Lipinski definition) is 6. The second-order valence-corrected chi connectivity index (χ2v) is 7.98. The van der Waals surface area contributed by atoms with E-state index in [-0.39, 0.29) is 12.7 Å². The summed E-state index contributed by atoms with van der Waals surface area (Å²) in [5.41, 5.74) is 3.59. The fourth-order valence-electron chi connectivity index (χ4n) is 3.38. The molecule has 0 aliphatic carbocycles. The van der Waals surface area contributed by atoms with E-state index >= 15 is 0 Å². The zero-order valence-electron chi connectivity index (χ0n) is 16.4. The quantitative estimate of drug-likeness (QED) is 0.465. The summed E-state index contributed by atoms with van der Waals surface area (Å²) >= 11 is 1.52. The van der Waals surface area contributed by atoms with Crippen LogP contribution in [-0.2, 0) is 13.0 Å². The van der Waals surface area contributed by atoms with Crippen LogP contribution in [0.5, 0.6) is 11.5 Å². The maximum absolute atomic E-state index is 13.5. The maximum atomic E-state index is 13.5. The third-order valence-electron chi connectivity index (χ3n) is 5.01. The number of pyridine rings is 1. The van der Waals surface area contributed by atoms with Crippen LogP contribution in [0, 0.1) is 0 Å². The van der Waals surface area contributed by atoms with Crippen molar-refractivity contribution in [2.45, 2.75) is 19.9 Å². The molecule has 0 unspecified atom stereocenters. The van der Waals surface area contributed by atoms with Gasteiger partial charge in [-0.1, -0.05) is 30.4 Å². The molecule has 0 fully saturated rings. The third-order valence-corrected chi connectivity index (χ3v) is 6.05. The van der Waals surface area contributed by atoms with Crippen molar-refractivity contribution < 1.29 is 14.3 Å². The predicted octanol–water partition coefficient (Wildman–Crippen LogP) is 4.83. The van der Waals surface area contributed by atoms with Crippen LogP contribution in [-0.4, -0.2) is 22.7 Å². The van der Waals surface area contributed by atoms with Crippen molar-refractivity contribution in [1.82, 2.24) is 9.97 Å². The van der Waals surface area contributed by atoms with E-state index in [0.29, 0.717) is 28.7 Å². The van der Waals surface area contributed by atoms with E-state index in [9.17, 15) is 4.79 Å². The van der Waals surface area contributed by atoms with Crippen LogP contribution < -0.4 is 14.4 Å². The van der Waals surface area contributed by atoms with Crippen molar-refractivity contribution in [3.8, 4) is 11.5 Å². The molecule has 0 atom stereocenters. The normalized spacial score (nSPS) is 12.3. The molecule has 6 nitrogen and oxygen atoms in total. The number of rotatable bonds is 5. The Kier molecular flexibility index (Phi) is 4.80. The molecular formula is C23H19N3O3S. The van der Waals surface area contributed by atoms with Crippen LogP contribution in [0.2, 0.25) is 0 Å². The average Bonchev–Trinajstić information content (AvgIpc) is 3.43. The number of benzene rings is 2. The van der Waals surface area contributed by atoms with Gasteiger partial charge in [0.2, 0.25) is 6.79 Å². The molecule has 0 spiro atoms. The molecular weight excluding hydrogens is 398 g/mol. The predicted molar refractivity (Wildman–Crippen MR) is 116 cm³/mol. The molecule has 4 aromatic rings. The molecule has 1 aliphatic heterocycles. The Morgan fingerprint density at radius 3 is 2.83 bits per heavy atom. The van der Waals surface area contributed by atoms with Crippen LogP contribution in [0.4, 0.5) is 5.13 Å². The lowest BCUT2D eigenvalue weighted by atomic mass is 10.1. The van der Waals surface area contributed by atoms with Crippen molar-refractivity contribution in [3.05, 3.63) is 77.6 Å². The number of ether oxygens (including phenoxy) is 2. The second kappa shape index (κ2) is 7.76. The SMILES string of the molecule is CCc1ccc2nc(N(Cc3cccnc3)C(=O)c3ccc4c(c3)OCO4)sc2c1. The fourth-order valence-corrected chi connectivity index (χ4v) is 4.41. The lowest BCUT2D eigenvalue weighted by Gasteiger charge is -2.20. The number of nitrogens with zero attached hydrogens (tertiary/aromatic N) is 3. The molecule has 150 valence electrons. The van der Waals surface area contributed by atoms with Gasteiger partial charge in [0.25, 0.3) is 5.91 Å². The molecule has 0 N–H and O–H groups in total. The number of anilines is 1. The Hall–Kier alpha value is -3.45. The molecule has 3 heterocycles. The largest absolute Gasteiger partial charge is 0.454 e. The summed E-state index contributed by atoms with van der Waals surface area (Å²) in [6.45, 7) is 2.67. The lowest BCUT2D eigenvalue weighted by Crippen LogP contribution is -2.30. The highest BCUT2D eigenvalue weighted by molar-refractivity contribution is 7.22. The maximum Gasteiger partial charge on any atom is 0.260 e. The van der Waals surface area contributed by atoms with Gasteiger partial charge in [0.15, 0.2) is 16.6 Å². The van der Waals surface area contributed by atoms with Gasteiger partial charge >= 0.3 is 0 Å². The summed E-state index contributed by atoms with van der Waals surface area (Å²) in [6, 6.07) is 15.3. The van der Waals surface area contributed by atoms with Crippen molar-refractivity contribution in [2.75, 3.05) is 11.7 Å². The van der Waals surface area contributed by atoms with Gasteiger partial charge in [-0.3, -0.25) is 14.7 Å². The van der Waals surface area contributed by atoms with Crippen LogP contribution in [0.3, 0.4) is 0 Å². The fraction of sp³-hybridized carbons (Fsp3) is 0.174. The Bertz CT molecular complexity index is 1220. The van der Waals surface area contributed by atoms with Gasteiger partial charge in [0.05, 0.1) is 16.8 Å². The number of fused-ring (bicyclic) bond motifs is 2. The number of thiazole rings is 1. The van der Waals surface area contributed by atoms with E-state index in [2.05, 4.69) is 24.0 Å². The second-order valence-electron chi connectivity index (χ2n) is 6.97. The summed E-state index contributed by atoms with van der Waals surface area (Å²) < 4.78 is 11.9. The van der Waals surface area contributed by atoms with E-state index < -0.39 is 0 Å². The standard InChI is InChI=1S/C23H19N3O3S/c1-2-15-5-7-18-21(10-15)30-23(25-18)26(13-16-4-3-9-24-12-16)22(27)17-6-8-19-20(11-17)29-14-28-19/h3-12H,2,13-14H2,1H3. The Balaban J connectivity index is 1.55. The van der Waals surface area contributed by atoms with Gasteiger partial charge in [-0.05, 0) is 53.9 Å².